The molecule has 0 saturated carbocycles. The molecule has 3 heterocycles. The van der Waals surface area contributed by atoms with Crippen LogP contribution in [-0.4, -0.2) is 14.5 Å². The molecule has 3 aromatic heterocycles. The Morgan fingerprint density at radius 3 is 1.18 bits per heavy atom. The number of aromatic nitrogens is 3. The quantitative estimate of drug-likeness (QED) is 0.145. The summed E-state index contributed by atoms with van der Waals surface area (Å²) in [5.74, 6) is 1.22. The molecule has 10 aromatic carbocycles. The third kappa shape index (κ3) is 7.00. The molecule has 13 aromatic rings. The standard InChI is InChI=1S/C62H40N4O2/c1-3-11-41(12-4-1)43-19-29-49(30-20-43)65(51-35-25-46(26-36-51)61-63-55-15-7-9-17-59(55)67-61)50-31-21-44(22-32-50)45-23-33-52(34-24-45)66-57-37-27-47(42-13-5-2-6-14-42)39-53(57)54-40-48(28-38-58(54)66)62-64-56-16-8-10-18-60(56)68-62/h1-40H. The number of hydrogen-bond acceptors (Lipinski definition) is 5. The number of rotatable bonds is 9. The minimum Gasteiger partial charge on any atom is -0.436 e. The lowest BCUT2D eigenvalue weighted by Crippen LogP contribution is -2.09. The molecular formula is C62H40N4O2. The summed E-state index contributed by atoms with van der Waals surface area (Å²) in [4.78, 5) is 11.9. The molecule has 0 amide bonds. The lowest BCUT2D eigenvalue weighted by molar-refractivity contribution is 0.619. The van der Waals surface area contributed by atoms with Crippen LogP contribution in [0.5, 0.6) is 0 Å². The van der Waals surface area contributed by atoms with E-state index in [2.05, 4.69) is 198 Å². The topological polar surface area (TPSA) is 60.2 Å². The molecule has 0 fully saturated rings. The maximum absolute atomic E-state index is 6.24. The van der Waals surface area contributed by atoms with Gasteiger partial charge in [0.1, 0.15) is 11.0 Å². The van der Waals surface area contributed by atoms with Crippen LogP contribution in [0.3, 0.4) is 0 Å². The predicted octanol–water partition coefficient (Wildman–Crippen LogP) is 16.9. The normalized spacial score (nSPS) is 11.5. The molecule has 0 saturated heterocycles. The third-order valence-electron chi connectivity index (χ3n) is 12.9. The van der Waals surface area contributed by atoms with Gasteiger partial charge >= 0.3 is 0 Å². The first-order valence-electron chi connectivity index (χ1n) is 22.8. The largest absolute Gasteiger partial charge is 0.436 e. The van der Waals surface area contributed by atoms with Gasteiger partial charge in [-0.2, -0.15) is 0 Å². The lowest BCUT2D eigenvalue weighted by Gasteiger charge is -2.26. The minimum atomic E-state index is 0.605. The van der Waals surface area contributed by atoms with Crippen LogP contribution in [0.4, 0.5) is 17.1 Å². The Hall–Kier alpha value is -9.26. The van der Waals surface area contributed by atoms with Crippen molar-refractivity contribution >= 4 is 61.1 Å². The molecular weight excluding hydrogens is 833 g/mol. The van der Waals surface area contributed by atoms with Crippen LogP contribution >= 0.6 is 0 Å². The van der Waals surface area contributed by atoms with E-state index in [0.29, 0.717) is 11.8 Å². The van der Waals surface area contributed by atoms with Gasteiger partial charge in [-0.3, -0.25) is 0 Å². The molecule has 13 rings (SSSR count). The van der Waals surface area contributed by atoms with Gasteiger partial charge in [0, 0.05) is 44.6 Å². The predicted molar refractivity (Wildman–Crippen MR) is 278 cm³/mol. The first-order valence-corrected chi connectivity index (χ1v) is 22.8. The highest BCUT2D eigenvalue weighted by atomic mass is 16.4. The first kappa shape index (κ1) is 39.1. The number of benzene rings is 10. The third-order valence-corrected chi connectivity index (χ3v) is 12.9. The van der Waals surface area contributed by atoms with Gasteiger partial charge in [-0.15, -0.1) is 0 Å². The van der Waals surface area contributed by atoms with E-state index >= 15 is 0 Å². The van der Waals surface area contributed by atoms with E-state index in [1.54, 1.807) is 0 Å². The van der Waals surface area contributed by atoms with Crippen molar-refractivity contribution in [2.24, 2.45) is 0 Å². The summed E-state index contributed by atoms with van der Waals surface area (Å²) in [5.41, 5.74) is 18.5. The molecule has 0 N–H and O–H groups in total. The number of nitrogens with zero attached hydrogens (tertiary/aromatic N) is 4. The summed E-state index contributed by atoms with van der Waals surface area (Å²) in [6, 6.07) is 85.0. The molecule has 0 aliphatic heterocycles. The Morgan fingerprint density at radius 2 is 0.676 bits per heavy atom. The molecule has 6 nitrogen and oxygen atoms in total. The van der Waals surface area contributed by atoms with Gasteiger partial charge in [-0.1, -0.05) is 127 Å². The molecule has 0 spiro atoms. The SMILES string of the molecule is c1ccc(-c2ccc(N(c3ccc(-c4ccc(-n5c6ccc(-c7ccccc7)cc6c6cc(-c7nc8ccccc8o7)ccc65)cc4)cc3)c3ccc(-c4nc5ccccc5o4)cc3)cc2)cc1. The molecule has 68 heavy (non-hydrogen) atoms. The minimum absolute atomic E-state index is 0.605. The number of hydrogen-bond donors (Lipinski definition) is 0. The maximum Gasteiger partial charge on any atom is 0.227 e. The van der Waals surface area contributed by atoms with Crippen molar-refractivity contribution in [2.75, 3.05) is 4.90 Å². The Morgan fingerprint density at radius 1 is 0.309 bits per heavy atom. The van der Waals surface area contributed by atoms with Crippen molar-refractivity contribution in [3.63, 3.8) is 0 Å². The van der Waals surface area contributed by atoms with E-state index in [0.717, 1.165) is 83.6 Å². The van der Waals surface area contributed by atoms with Crippen molar-refractivity contribution < 1.29 is 8.83 Å². The number of anilines is 3. The van der Waals surface area contributed by atoms with E-state index in [1.165, 1.54) is 27.6 Å². The highest BCUT2D eigenvalue weighted by molar-refractivity contribution is 6.11. The van der Waals surface area contributed by atoms with E-state index in [-0.39, 0.29) is 0 Å². The zero-order valence-electron chi connectivity index (χ0n) is 36.7. The Kier molecular flexibility index (Phi) is 9.39. The van der Waals surface area contributed by atoms with Crippen molar-refractivity contribution in [1.29, 1.82) is 0 Å². The molecule has 0 atom stereocenters. The van der Waals surface area contributed by atoms with Gasteiger partial charge in [-0.25, -0.2) is 9.97 Å². The van der Waals surface area contributed by atoms with Crippen LogP contribution in [0.2, 0.25) is 0 Å². The summed E-state index contributed by atoms with van der Waals surface area (Å²) in [5, 5.41) is 2.30. The fourth-order valence-corrected chi connectivity index (χ4v) is 9.48. The zero-order valence-corrected chi connectivity index (χ0v) is 36.7. The van der Waals surface area contributed by atoms with Crippen molar-refractivity contribution in [3.05, 3.63) is 243 Å². The van der Waals surface area contributed by atoms with Crippen LogP contribution in [0.1, 0.15) is 0 Å². The summed E-state index contributed by atoms with van der Waals surface area (Å²) in [6.45, 7) is 0. The van der Waals surface area contributed by atoms with Gasteiger partial charge in [0.15, 0.2) is 11.2 Å². The van der Waals surface area contributed by atoms with Crippen LogP contribution in [0, 0.1) is 0 Å². The zero-order chi connectivity index (χ0) is 45.0. The van der Waals surface area contributed by atoms with Crippen LogP contribution in [0.25, 0.3) is 106 Å². The van der Waals surface area contributed by atoms with Crippen LogP contribution in [-0.2, 0) is 0 Å². The smallest absolute Gasteiger partial charge is 0.227 e. The highest BCUT2D eigenvalue weighted by Crippen LogP contribution is 2.40. The number of fused-ring (bicyclic) bond motifs is 5. The number of oxazole rings is 2. The second kappa shape index (κ2) is 16.3. The molecule has 6 heteroatoms. The van der Waals surface area contributed by atoms with Gasteiger partial charge in [0.05, 0.1) is 11.0 Å². The summed E-state index contributed by atoms with van der Waals surface area (Å²) >= 11 is 0. The summed E-state index contributed by atoms with van der Waals surface area (Å²) in [6.07, 6.45) is 0. The first-order chi connectivity index (χ1) is 33.7. The van der Waals surface area contributed by atoms with Gasteiger partial charge in [0.2, 0.25) is 11.8 Å². The van der Waals surface area contributed by atoms with Crippen molar-refractivity contribution in [1.82, 2.24) is 14.5 Å². The average Bonchev–Trinajstić information content (AvgIpc) is 4.14. The molecule has 320 valence electrons. The van der Waals surface area contributed by atoms with E-state index in [9.17, 15) is 0 Å². The summed E-state index contributed by atoms with van der Waals surface area (Å²) in [7, 11) is 0. The highest BCUT2D eigenvalue weighted by Gasteiger charge is 2.18. The second-order valence-corrected chi connectivity index (χ2v) is 17.0. The van der Waals surface area contributed by atoms with Crippen molar-refractivity contribution in [2.45, 2.75) is 0 Å². The van der Waals surface area contributed by atoms with Crippen molar-refractivity contribution in [3.8, 4) is 62.0 Å². The van der Waals surface area contributed by atoms with Gasteiger partial charge in [-0.05, 0) is 149 Å². The van der Waals surface area contributed by atoms with Gasteiger partial charge < -0.3 is 18.3 Å². The maximum atomic E-state index is 6.24. The van der Waals surface area contributed by atoms with Crippen LogP contribution in [0.15, 0.2) is 251 Å². The second-order valence-electron chi connectivity index (χ2n) is 17.0. The van der Waals surface area contributed by atoms with Gasteiger partial charge in [0.25, 0.3) is 0 Å². The van der Waals surface area contributed by atoms with Crippen LogP contribution < -0.4 is 4.90 Å². The Labute approximate surface area is 392 Å². The van der Waals surface area contributed by atoms with E-state index in [1.807, 2.05) is 54.6 Å². The number of para-hydroxylation sites is 4. The fraction of sp³-hybridized carbons (Fsp3) is 0. The molecule has 0 aliphatic carbocycles. The fourth-order valence-electron chi connectivity index (χ4n) is 9.48. The molecule has 0 bridgehead atoms. The summed E-state index contributed by atoms with van der Waals surface area (Å²) < 4.78 is 14.7. The van der Waals surface area contributed by atoms with E-state index < -0.39 is 0 Å². The monoisotopic (exact) mass is 872 g/mol. The molecule has 0 radical (unpaired) electrons. The van der Waals surface area contributed by atoms with E-state index in [4.69, 9.17) is 18.8 Å². The Bertz CT molecular complexity index is 3860. The molecule has 0 unspecified atom stereocenters. The average molecular weight is 873 g/mol. The lowest BCUT2D eigenvalue weighted by atomic mass is 10.0. The molecule has 0 aliphatic rings. The Balaban J connectivity index is 0.848.